The van der Waals surface area contributed by atoms with Gasteiger partial charge in [-0.3, -0.25) is 0 Å². The Morgan fingerprint density at radius 2 is 0.333 bits per heavy atom. The summed E-state index contributed by atoms with van der Waals surface area (Å²) >= 11 is -0.750. The highest BCUT2D eigenvalue weighted by Gasteiger charge is 2.38. The number of anilines is 4. The van der Waals surface area contributed by atoms with Crippen LogP contribution in [0.2, 0.25) is 0 Å². The second kappa shape index (κ2) is 26.2. The topological polar surface area (TPSA) is 242 Å². The molecule has 0 atom stereocenters. The lowest BCUT2D eigenvalue weighted by Crippen LogP contribution is -2.40. The minimum absolute atomic E-state index is 0.617. The molecule has 0 fully saturated rings. The molecule has 0 radical (unpaired) electrons. The smallest absolute Gasteiger partial charge is 0.335 e. The van der Waals surface area contributed by atoms with E-state index in [1.165, 1.54) is 0 Å². The molecule has 0 unspecified atom stereocenters. The quantitative estimate of drug-likeness (QED) is 0.0378. The monoisotopic (exact) mass is 1160 g/mol. The van der Waals surface area contributed by atoms with Crippen molar-refractivity contribution in [1.29, 1.82) is 0 Å². The van der Waals surface area contributed by atoms with E-state index < -0.39 is 33.7 Å². The molecule has 0 aliphatic rings. The van der Waals surface area contributed by atoms with Crippen LogP contribution < -0.4 is 45.9 Å². The summed E-state index contributed by atoms with van der Waals surface area (Å²) in [5, 5.41) is 0. The van der Waals surface area contributed by atoms with Crippen LogP contribution in [0.15, 0.2) is 315 Å². The van der Waals surface area contributed by atoms with E-state index in [1.807, 2.05) is 291 Å². The molecular weight excluding hydrogens is 1090 g/mol. The Bertz CT molecular complexity index is 3570. The van der Waals surface area contributed by atoms with E-state index in [4.69, 9.17) is 54.3 Å². The Morgan fingerprint density at radius 1 is 0.207 bits per heavy atom. The average Bonchev–Trinajstić information content (AvgIpc) is 2.22. The van der Waals surface area contributed by atoms with Crippen molar-refractivity contribution in [2.45, 2.75) is 22.2 Å². The molecule has 16 N–H and O–H groups in total. The molecule has 12 aromatic carbocycles. The Morgan fingerprint density at radius 3 is 0.460 bits per heavy atom. The second-order valence-electron chi connectivity index (χ2n) is 21.4. The minimum Gasteiger partial charge on any atom is -0.398 e. The van der Waals surface area contributed by atoms with Crippen LogP contribution >= 0.6 is 0 Å². The number of rotatable bonds is 14. The number of hydrogen-bond acceptors (Lipinski definition) is 10. The van der Waals surface area contributed by atoms with Gasteiger partial charge in [0.2, 0.25) is 0 Å². The highest BCUT2D eigenvalue weighted by atomic mass is 32.1. The zero-order valence-electron chi connectivity index (χ0n) is 47.9. The first-order chi connectivity index (χ1) is 42.3. The molecule has 10 nitrogen and oxygen atoms in total. The SMILES string of the molecule is Nc1ccc(-c2ccc(N)c(C(N)(c3ccccc3)c3ccccc3)c2)cc1C(N)(c1ccccc1)c1ccccc1.Nc1ccc(-c2ccc(N)c(C(N)(c3ccccc3)c3ccccc3)c2)cc1C(N)(c1ccccc1)c1ccccc1.O=S=O. The molecule has 0 amide bonds. The predicted molar refractivity (Wildman–Crippen MR) is 358 cm³/mol. The molecule has 0 saturated carbocycles. The van der Waals surface area contributed by atoms with E-state index in [2.05, 4.69) is 24.3 Å². The van der Waals surface area contributed by atoms with Crippen LogP contribution in [0, 0.1) is 0 Å². The van der Waals surface area contributed by atoms with Crippen molar-refractivity contribution in [2.75, 3.05) is 22.9 Å². The van der Waals surface area contributed by atoms with E-state index in [0.29, 0.717) is 22.7 Å². The molecule has 0 aliphatic carbocycles. The van der Waals surface area contributed by atoms with Gasteiger partial charge < -0.3 is 45.9 Å². The van der Waals surface area contributed by atoms with Crippen LogP contribution in [0.4, 0.5) is 22.7 Å². The van der Waals surface area contributed by atoms with Crippen molar-refractivity contribution in [3.63, 3.8) is 0 Å². The molecule has 0 aliphatic heterocycles. The van der Waals surface area contributed by atoms with Crippen molar-refractivity contribution in [2.24, 2.45) is 22.9 Å². The minimum atomic E-state index is -0.967. The van der Waals surface area contributed by atoms with Crippen molar-refractivity contribution < 1.29 is 8.42 Å². The van der Waals surface area contributed by atoms with E-state index in [-0.39, 0.29) is 0 Å². The third kappa shape index (κ3) is 11.9. The van der Waals surface area contributed by atoms with Crippen molar-refractivity contribution in [3.05, 3.63) is 382 Å². The normalized spacial score (nSPS) is 11.5. The summed E-state index contributed by atoms with van der Waals surface area (Å²) in [5.74, 6) is 0. The molecule has 12 aromatic rings. The number of nitrogens with two attached hydrogens (primary N) is 8. The average molecular weight is 1160 g/mol. The lowest BCUT2D eigenvalue weighted by molar-refractivity contribution is 0.630. The van der Waals surface area contributed by atoms with Gasteiger partial charge in [-0.1, -0.05) is 267 Å². The van der Waals surface area contributed by atoms with Gasteiger partial charge in [-0.05, 0) is 115 Å². The fourth-order valence-corrected chi connectivity index (χ4v) is 11.8. The van der Waals surface area contributed by atoms with Gasteiger partial charge in [0.15, 0.2) is 0 Å². The van der Waals surface area contributed by atoms with Crippen LogP contribution in [-0.2, 0) is 33.7 Å². The number of hydrogen-bond donors (Lipinski definition) is 8. The zero-order valence-corrected chi connectivity index (χ0v) is 48.7. The maximum atomic E-state index is 8.29. The fourth-order valence-electron chi connectivity index (χ4n) is 11.8. The van der Waals surface area contributed by atoms with Crippen LogP contribution in [-0.4, -0.2) is 8.42 Å². The Balaban J connectivity index is 0.000000184. The van der Waals surface area contributed by atoms with Gasteiger partial charge in [0.1, 0.15) is 0 Å². The maximum absolute atomic E-state index is 8.29. The highest BCUT2D eigenvalue weighted by molar-refractivity contribution is 7.51. The van der Waals surface area contributed by atoms with Gasteiger partial charge in [0.05, 0.1) is 22.2 Å². The van der Waals surface area contributed by atoms with Gasteiger partial charge in [-0.2, -0.15) is 8.42 Å². The molecule has 11 heteroatoms. The third-order valence-corrected chi connectivity index (χ3v) is 16.4. The standard InChI is InChI=1S/2C38H34N4.O2S/c2*39-35-23-21-27(25-33(35)37(41,29-13-5-1-6-14-29)30-15-7-2-8-16-30)28-22-24-36(40)34(26-28)38(42,31-17-9-3-10-18-31)32-19-11-4-12-20-32;1-3-2/h2*1-26H,39-42H2;. The Hall–Kier alpha value is -10.5. The number of benzene rings is 12. The summed E-state index contributed by atoms with van der Waals surface area (Å²) in [6, 6.07) is 105. The summed E-state index contributed by atoms with van der Waals surface area (Å²) in [6.07, 6.45) is 0. The van der Waals surface area contributed by atoms with Crippen molar-refractivity contribution in [1.82, 2.24) is 0 Å². The first kappa shape index (κ1) is 59.7. The zero-order chi connectivity index (χ0) is 61.0. The fraction of sp³-hybridized carbons (Fsp3) is 0.0526. The summed E-state index contributed by atoms with van der Waals surface area (Å²) in [5.41, 5.74) is 69.5. The molecule has 0 heterocycles. The van der Waals surface area contributed by atoms with Gasteiger partial charge in [-0.15, -0.1) is 0 Å². The second-order valence-corrected chi connectivity index (χ2v) is 21.6. The molecule has 0 spiro atoms. The number of nitrogen functional groups attached to an aromatic ring is 4. The molecule has 0 bridgehead atoms. The van der Waals surface area contributed by atoms with E-state index in [0.717, 1.165) is 89.0 Å². The first-order valence-electron chi connectivity index (χ1n) is 28.4. The lowest BCUT2D eigenvalue weighted by atomic mass is 9.75. The summed E-state index contributed by atoms with van der Waals surface area (Å²) in [4.78, 5) is 0. The molecule has 430 valence electrons. The van der Waals surface area contributed by atoms with Crippen molar-refractivity contribution in [3.8, 4) is 22.3 Å². The van der Waals surface area contributed by atoms with Crippen LogP contribution in [0.25, 0.3) is 22.3 Å². The van der Waals surface area contributed by atoms with Gasteiger partial charge in [-0.25, -0.2) is 0 Å². The van der Waals surface area contributed by atoms with Gasteiger partial charge in [0.25, 0.3) is 0 Å². The predicted octanol–water partition coefficient (Wildman–Crippen LogP) is 13.4. The molecular formula is C76H68N8O2S. The van der Waals surface area contributed by atoms with E-state index in [9.17, 15) is 0 Å². The summed E-state index contributed by atoms with van der Waals surface area (Å²) in [7, 11) is 0. The van der Waals surface area contributed by atoms with Crippen LogP contribution in [0.3, 0.4) is 0 Å². The Labute approximate surface area is 512 Å². The van der Waals surface area contributed by atoms with E-state index in [1.54, 1.807) is 0 Å². The molecule has 0 aromatic heterocycles. The van der Waals surface area contributed by atoms with E-state index >= 15 is 0 Å². The first-order valence-corrected chi connectivity index (χ1v) is 29.0. The summed E-state index contributed by atoms with van der Waals surface area (Å²) in [6.45, 7) is 0. The van der Waals surface area contributed by atoms with Gasteiger partial charge in [0, 0.05) is 45.0 Å². The van der Waals surface area contributed by atoms with Crippen LogP contribution in [0.5, 0.6) is 0 Å². The largest absolute Gasteiger partial charge is 0.398 e. The third-order valence-electron chi connectivity index (χ3n) is 16.4. The van der Waals surface area contributed by atoms with Gasteiger partial charge >= 0.3 is 11.6 Å². The van der Waals surface area contributed by atoms with Crippen molar-refractivity contribution >= 4 is 34.3 Å². The molecule has 0 saturated heterocycles. The van der Waals surface area contributed by atoms with Crippen LogP contribution in [0.1, 0.15) is 66.8 Å². The Kier molecular flexibility index (Phi) is 18.0. The highest BCUT2D eigenvalue weighted by Crippen LogP contribution is 2.45. The summed E-state index contributed by atoms with van der Waals surface area (Å²) < 4.78 is 16.6. The maximum Gasteiger partial charge on any atom is 0.335 e. The molecule has 12 rings (SSSR count). The molecule has 87 heavy (non-hydrogen) atoms. The lowest BCUT2D eigenvalue weighted by Gasteiger charge is -2.34.